The molecule has 0 saturated carbocycles. The molecule has 0 amide bonds. The van der Waals surface area contributed by atoms with E-state index in [0.29, 0.717) is 17.2 Å². The molecule has 2 N–H and O–H groups in total. The minimum absolute atomic E-state index is 0.310. The van der Waals surface area contributed by atoms with E-state index < -0.39 is 5.76 Å². The normalized spacial score (nSPS) is 10.6. The molecule has 3 aromatic rings. The minimum atomic E-state index is -0.603. The zero-order valence-corrected chi connectivity index (χ0v) is 8.54. The van der Waals surface area contributed by atoms with Crippen molar-refractivity contribution in [3.8, 4) is 22.9 Å². The number of aromatic amines is 2. The average molecular weight is 229 g/mol. The van der Waals surface area contributed by atoms with Crippen LogP contribution >= 0.6 is 0 Å². The lowest BCUT2D eigenvalue weighted by Crippen LogP contribution is -1.94. The van der Waals surface area contributed by atoms with Gasteiger partial charge in [0.2, 0.25) is 5.82 Å². The van der Waals surface area contributed by atoms with E-state index >= 15 is 0 Å². The van der Waals surface area contributed by atoms with E-state index in [0.717, 1.165) is 5.69 Å². The van der Waals surface area contributed by atoms with E-state index in [4.69, 9.17) is 0 Å². The molecule has 3 rings (SSSR count). The average Bonchev–Trinajstić information content (AvgIpc) is 2.98. The highest BCUT2D eigenvalue weighted by Crippen LogP contribution is 2.18. The first-order valence-corrected chi connectivity index (χ1v) is 4.86. The highest BCUT2D eigenvalue weighted by molar-refractivity contribution is 5.61. The van der Waals surface area contributed by atoms with Crippen LogP contribution in [0.15, 0.2) is 39.8 Å². The van der Waals surface area contributed by atoms with Gasteiger partial charge in [0.05, 0.1) is 5.69 Å². The van der Waals surface area contributed by atoms with Gasteiger partial charge in [-0.2, -0.15) is 5.10 Å². The molecule has 0 aliphatic rings. The monoisotopic (exact) mass is 229 g/mol. The lowest BCUT2D eigenvalue weighted by molar-refractivity contribution is 0.387. The summed E-state index contributed by atoms with van der Waals surface area (Å²) < 4.78 is 4.41. The first-order valence-electron chi connectivity index (χ1n) is 4.86. The third-order valence-corrected chi connectivity index (χ3v) is 2.20. The van der Waals surface area contributed by atoms with Crippen molar-refractivity contribution < 1.29 is 4.52 Å². The SMILES string of the molecule is O=c1[nH]c(-c2cc(-c3ccccn3)n[nH]2)no1. The molecule has 0 unspecified atom stereocenters. The Morgan fingerprint density at radius 1 is 1.24 bits per heavy atom. The second-order valence-corrected chi connectivity index (χ2v) is 3.33. The van der Waals surface area contributed by atoms with E-state index in [1.165, 1.54) is 0 Å². The van der Waals surface area contributed by atoms with Gasteiger partial charge >= 0.3 is 5.76 Å². The third-order valence-electron chi connectivity index (χ3n) is 2.20. The van der Waals surface area contributed by atoms with Crippen molar-refractivity contribution in [1.29, 1.82) is 0 Å². The van der Waals surface area contributed by atoms with Gasteiger partial charge in [-0.15, -0.1) is 0 Å². The Kier molecular flexibility index (Phi) is 2.08. The fourth-order valence-corrected chi connectivity index (χ4v) is 1.43. The Bertz CT molecular complexity index is 682. The van der Waals surface area contributed by atoms with Crippen molar-refractivity contribution in [1.82, 2.24) is 25.3 Å². The highest BCUT2D eigenvalue weighted by atomic mass is 16.5. The first-order chi connectivity index (χ1) is 8.33. The van der Waals surface area contributed by atoms with Gasteiger partial charge in [-0.1, -0.05) is 11.2 Å². The van der Waals surface area contributed by atoms with Gasteiger partial charge in [0, 0.05) is 6.20 Å². The van der Waals surface area contributed by atoms with Crippen LogP contribution in [0.4, 0.5) is 0 Å². The summed E-state index contributed by atoms with van der Waals surface area (Å²) in [5.74, 6) is -0.293. The lowest BCUT2D eigenvalue weighted by Gasteiger charge is -1.91. The molecule has 17 heavy (non-hydrogen) atoms. The number of hydrogen-bond donors (Lipinski definition) is 2. The largest absolute Gasteiger partial charge is 0.439 e. The molecule has 0 fully saturated rings. The molecule has 0 radical (unpaired) electrons. The second kappa shape index (κ2) is 3.71. The van der Waals surface area contributed by atoms with Crippen LogP contribution in [0.25, 0.3) is 22.9 Å². The van der Waals surface area contributed by atoms with E-state index in [1.807, 2.05) is 18.2 Å². The number of nitrogens with zero attached hydrogens (tertiary/aromatic N) is 3. The van der Waals surface area contributed by atoms with Crippen LogP contribution in [0.1, 0.15) is 0 Å². The fraction of sp³-hybridized carbons (Fsp3) is 0. The molecule has 0 spiro atoms. The lowest BCUT2D eigenvalue weighted by atomic mass is 10.2. The Morgan fingerprint density at radius 2 is 2.18 bits per heavy atom. The number of aromatic nitrogens is 5. The van der Waals surface area contributed by atoms with E-state index in [1.54, 1.807) is 12.3 Å². The molecule has 7 heteroatoms. The molecule has 0 saturated heterocycles. The number of nitrogens with one attached hydrogen (secondary N) is 2. The molecule has 3 heterocycles. The number of hydrogen-bond acceptors (Lipinski definition) is 5. The summed E-state index contributed by atoms with van der Waals surface area (Å²) in [5, 5.41) is 10.4. The van der Waals surface area contributed by atoms with Gasteiger partial charge in [-0.25, -0.2) is 4.79 Å². The third kappa shape index (κ3) is 1.73. The smallest absolute Gasteiger partial charge is 0.296 e. The zero-order valence-electron chi connectivity index (χ0n) is 8.54. The van der Waals surface area contributed by atoms with Crippen molar-refractivity contribution >= 4 is 0 Å². The second-order valence-electron chi connectivity index (χ2n) is 3.33. The van der Waals surface area contributed by atoms with E-state index in [-0.39, 0.29) is 0 Å². The van der Waals surface area contributed by atoms with Gasteiger partial charge < -0.3 is 0 Å². The maximum absolute atomic E-state index is 10.8. The number of H-pyrrole nitrogens is 2. The van der Waals surface area contributed by atoms with Gasteiger partial charge in [0.1, 0.15) is 11.4 Å². The standard InChI is InChI=1S/C10H7N5O2/c16-10-12-9(15-17-10)8-5-7(13-14-8)6-3-1-2-4-11-6/h1-5H,(H,13,14)(H,12,15,16). The topological polar surface area (TPSA) is 100 Å². The van der Waals surface area contributed by atoms with Crippen LogP contribution in [0.2, 0.25) is 0 Å². The van der Waals surface area contributed by atoms with Crippen LogP contribution in [-0.2, 0) is 0 Å². The molecule has 7 nitrogen and oxygen atoms in total. The Morgan fingerprint density at radius 3 is 2.88 bits per heavy atom. The summed E-state index contributed by atoms with van der Waals surface area (Å²) in [6, 6.07) is 7.27. The molecule has 0 aliphatic heterocycles. The Balaban J connectivity index is 2.01. The van der Waals surface area contributed by atoms with Crippen molar-refractivity contribution in [3.63, 3.8) is 0 Å². The van der Waals surface area contributed by atoms with Crippen molar-refractivity contribution in [2.45, 2.75) is 0 Å². The molecule has 0 atom stereocenters. The molecule has 84 valence electrons. The summed E-state index contributed by atoms with van der Waals surface area (Å²) in [4.78, 5) is 17.4. The van der Waals surface area contributed by atoms with Crippen LogP contribution in [0.3, 0.4) is 0 Å². The molecule has 0 bridgehead atoms. The minimum Gasteiger partial charge on any atom is -0.296 e. The van der Waals surface area contributed by atoms with Crippen LogP contribution < -0.4 is 5.76 Å². The molecule has 0 aromatic carbocycles. The maximum atomic E-state index is 10.8. The molecular weight excluding hydrogens is 222 g/mol. The quantitative estimate of drug-likeness (QED) is 0.677. The summed E-state index contributed by atoms with van der Waals surface area (Å²) in [6.07, 6.45) is 1.68. The molecular formula is C10H7N5O2. The first kappa shape index (κ1) is 9.52. The number of rotatable bonds is 2. The summed E-state index contributed by atoms with van der Waals surface area (Å²) in [6.45, 7) is 0. The Labute approximate surface area is 94.5 Å². The predicted octanol–water partition coefficient (Wildman–Crippen LogP) is 0.815. The van der Waals surface area contributed by atoms with Gasteiger partial charge in [0.25, 0.3) is 0 Å². The fourth-order valence-electron chi connectivity index (χ4n) is 1.43. The van der Waals surface area contributed by atoms with Crippen LogP contribution in [-0.4, -0.2) is 25.3 Å². The van der Waals surface area contributed by atoms with Gasteiger partial charge in [-0.05, 0) is 18.2 Å². The molecule has 3 aromatic heterocycles. The Hall–Kier alpha value is -2.70. The van der Waals surface area contributed by atoms with Crippen molar-refractivity contribution in [2.75, 3.05) is 0 Å². The van der Waals surface area contributed by atoms with Gasteiger partial charge in [-0.3, -0.25) is 19.6 Å². The summed E-state index contributed by atoms with van der Waals surface area (Å²) in [7, 11) is 0. The summed E-state index contributed by atoms with van der Waals surface area (Å²) >= 11 is 0. The molecule has 0 aliphatic carbocycles. The van der Waals surface area contributed by atoms with Crippen LogP contribution in [0, 0.1) is 0 Å². The van der Waals surface area contributed by atoms with Crippen molar-refractivity contribution in [2.24, 2.45) is 0 Å². The number of pyridine rings is 1. The summed E-state index contributed by atoms with van der Waals surface area (Å²) in [5.41, 5.74) is 1.97. The van der Waals surface area contributed by atoms with Crippen molar-refractivity contribution in [3.05, 3.63) is 41.0 Å². The van der Waals surface area contributed by atoms with Crippen LogP contribution in [0.5, 0.6) is 0 Å². The van der Waals surface area contributed by atoms with E-state index in [2.05, 4.69) is 29.8 Å². The van der Waals surface area contributed by atoms with E-state index in [9.17, 15) is 4.79 Å². The maximum Gasteiger partial charge on any atom is 0.439 e. The zero-order chi connectivity index (χ0) is 11.7. The predicted molar refractivity (Wildman–Crippen MR) is 57.9 cm³/mol. The highest BCUT2D eigenvalue weighted by Gasteiger charge is 2.09. The van der Waals surface area contributed by atoms with Gasteiger partial charge in [0.15, 0.2) is 0 Å².